The zero-order valence-corrected chi connectivity index (χ0v) is 13.2. The minimum absolute atomic E-state index is 0.279. The number of hydrogen-bond acceptors (Lipinski definition) is 4. The predicted octanol–water partition coefficient (Wildman–Crippen LogP) is 4.05. The number of hydrogen-bond donors (Lipinski definition) is 0. The average molecular weight is 331 g/mol. The average Bonchev–Trinajstić information content (AvgIpc) is 2.92. The Labute approximate surface area is 139 Å². The molecule has 0 radical (unpaired) electrons. The predicted molar refractivity (Wildman–Crippen MR) is 85.6 cm³/mol. The van der Waals surface area contributed by atoms with Gasteiger partial charge in [0.2, 0.25) is 0 Å². The van der Waals surface area contributed by atoms with Crippen molar-refractivity contribution in [2.45, 2.75) is 18.4 Å². The van der Waals surface area contributed by atoms with Crippen molar-refractivity contribution >= 4 is 23.5 Å². The topological polar surface area (TPSA) is 52.6 Å². The first-order valence-corrected chi connectivity index (χ1v) is 7.77. The molecule has 0 saturated heterocycles. The lowest BCUT2D eigenvalue weighted by Gasteiger charge is -2.20. The molecule has 2 aromatic rings. The Kier molecular flexibility index (Phi) is 4.35. The molecule has 23 heavy (non-hydrogen) atoms. The van der Waals surface area contributed by atoms with E-state index in [1.165, 1.54) is 0 Å². The van der Waals surface area contributed by atoms with E-state index in [2.05, 4.69) is 0 Å². The van der Waals surface area contributed by atoms with Crippen LogP contribution in [0.1, 0.15) is 50.2 Å². The molecule has 0 fully saturated rings. The van der Waals surface area contributed by atoms with E-state index in [9.17, 15) is 9.59 Å². The Morgan fingerprint density at radius 2 is 1.91 bits per heavy atom. The molecule has 0 bridgehead atoms. The molecular weight excluding hydrogens is 316 g/mol. The maximum atomic E-state index is 12.1. The highest BCUT2D eigenvalue weighted by atomic mass is 35.5. The highest BCUT2D eigenvalue weighted by molar-refractivity contribution is 6.22. The summed E-state index contributed by atoms with van der Waals surface area (Å²) in [5.74, 6) is -0.837. The van der Waals surface area contributed by atoms with Gasteiger partial charge >= 0.3 is 11.9 Å². The Balaban J connectivity index is 1.98. The first-order valence-electron chi connectivity index (χ1n) is 7.33. The fourth-order valence-electron chi connectivity index (χ4n) is 2.69. The second-order valence-electron chi connectivity index (χ2n) is 5.12. The Bertz CT molecular complexity index is 756. The summed E-state index contributed by atoms with van der Waals surface area (Å²) in [6, 6.07) is 14.1. The smallest absolute Gasteiger partial charge is 0.339 e. The third-order valence-corrected chi connectivity index (χ3v) is 4.20. The minimum atomic E-state index is -0.678. The van der Waals surface area contributed by atoms with Gasteiger partial charge in [-0.2, -0.15) is 0 Å². The largest absolute Gasteiger partial charge is 0.462 e. The third kappa shape index (κ3) is 2.82. The Morgan fingerprint density at radius 1 is 1.22 bits per heavy atom. The molecule has 0 saturated carbocycles. The zero-order chi connectivity index (χ0) is 16.4. The van der Waals surface area contributed by atoms with Crippen molar-refractivity contribution in [2.24, 2.45) is 0 Å². The first-order chi connectivity index (χ1) is 11.1. The second-order valence-corrected chi connectivity index (χ2v) is 5.59. The van der Waals surface area contributed by atoms with E-state index in [1.807, 2.05) is 12.1 Å². The lowest BCUT2D eigenvalue weighted by Crippen LogP contribution is -2.13. The second kappa shape index (κ2) is 6.42. The Hall–Kier alpha value is -2.33. The SMILES string of the molecule is CCOC(=O)c1ccccc1[C@H](Cl)[C@@H]1OC(=O)c2ccccc21. The van der Waals surface area contributed by atoms with Crippen molar-refractivity contribution in [1.82, 2.24) is 0 Å². The molecule has 4 nitrogen and oxygen atoms in total. The summed E-state index contributed by atoms with van der Waals surface area (Å²) >= 11 is 6.57. The van der Waals surface area contributed by atoms with Crippen LogP contribution in [0.4, 0.5) is 0 Å². The van der Waals surface area contributed by atoms with Gasteiger partial charge in [-0.25, -0.2) is 9.59 Å². The fraction of sp³-hybridized carbons (Fsp3) is 0.222. The van der Waals surface area contributed by atoms with Crippen LogP contribution in [0.25, 0.3) is 0 Å². The summed E-state index contributed by atoms with van der Waals surface area (Å²) in [6.07, 6.45) is -0.629. The first kappa shape index (κ1) is 15.6. The number of carbonyl (C=O) groups is 2. The van der Waals surface area contributed by atoms with Gasteiger partial charge in [-0.1, -0.05) is 36.4 Å². The molecule has 2 aromatic carbocycles. The molecule has 0 N–H and O–H groups in total. The fourth-order valence-corrected chi connectivity index (χ4v) is 3.06. The molecule has 0 spiro atoms. The van der Waals surface area contributed by atoms with Gasteiger partial charge in [0.1, 0.15) is 11.5 Å². The lowest BCUT2D eigenvalue weighted by atomic mass is 9.96. The quantitative estimate of drug-likeness (QED) is 0.626. The van der Waals surface area contributed by atoms with E-state index in [0.29, 0.717) is 16.7 Å². The van der Waals surface area contributed by atoms with Crippen molar-refractivity contribution in [2.75, 3.05) is 6.61 Å². The van der Waals surface area contributed by atoms with Gasteiger partial charge < -0.3 is 9.47 Å². The molecule has 0 unspecified atom stereocenters. The van der Waals surface area contributed by atoms with Gasteiger partial charge in [0.25, 0.3) is 0 Å². The molecule has 0 aliphatic carbocycles. The molecule has 2 atom stereocenters. The Morgan fingerprint density at radius 3 is 2.70 bits per heavy atom. The number of ether oxygens (including phenoxy) is 2. The van der Waals surface area contributed by atoms with E-state index in [-0.39, 0.29) is 6.61 Å². The molecule has 0 amide bonds. The van der Waals surface area contributed by atoms with E-state index >= 15 is 0 Å². The molecular formula is C18H15ClO4. The third-order valence-electron chi connectivity index (χ3n) is 3.74. The maximum absolute atomic E-state index is 12.1. The van der Waals surface area contributed by atoms with Gasteiger partial charge in [0.05, 0.1) is 17.7 Å². The van der Waals surface area contributed by atoms with Gasteiger partial charge in [-0.05, 0) is 24.6 Å². The number of esters is 2. The zero-order valence-electron chi connectivity index (χ0n) is 12.5. The van der Waals surface area contributed by atoms with Crippen molar-refractivity contribution in [3.8, 4) is 0 Å². The molecule has 1 aliphatic heterocycles. The van der Waals surface area contributed by atoms with Crippen molar-refractivity contribution < 1.29 is 19.1 Å². The molecule has 0 aromatic heterocycles. The molecule has 3 rings (SSSR count). The van der Waals surface area contributed by atoms with Crippen LogP contribution in [0, 0.1) is 0 Å². The molecule has 5 heteroatoms. The van der Waals surface area contributed by atoms with Crippen LogP contribution in [0.5, 0.6) is 0 Å². The summed E-state index contributed by atoms with van der Waals surface area (Å²) < 4.78 is 10.5. The lowest BCUT2D eigenvalue weighted by molar-refractivity contribution is 0.0375. The highest BCUT2D eigenvalue weighted by Crippen LogP contribution is 2.44. The standard InChI is InChI=1S/C18H15ClO4/c1-2-22-17(20)13-9-5-3-7-11(13)15(19)16-12-8-4-6-10-14(12)18(21)23-16/h3-10,15-16H,2H2,1H3/t15-,16+/m0/s1. The number of alkyl halides is 1. The van der Waals surface area contributed by atoms with Gasteiger partial charge in [0.15, 0.2) is 0 Å². The summed E-state index contributed by atoms with van der Waals surface area (Å²) in [4.78, 5) is 24.1. The van der Waals surface area contributed by atoms with Crippen LogP contribution in [-0.4, -0.2) is 18.5 Å². The molecule has 118 valence electrons. The van der Waals surface area contributed by atoms with Crippen LogP contribution in [0.2, 0.25) is 0 Å². The number of cyclic esters (lactones) is 1. The van der Waals surface area contributed by atoms with E-state index in [4.69, 9.17) is 21.1 Å². The van der Waals surface area contributed by atoms with Crippen LogP contribution >= 0.6 is 11.6 Å². The molecule has 1 heterocycles. The summed E-state index contributed by atoms with van der Waals surface area (Å²) in [7, 11) is 0. The number of carbonyl (C=O) groups excluding carboxylic acids is 2. The summed E-state index contributed by atoms with van der Waals surface area (Å²) in [5, 5.41) is -0.678. The van der Waals surface area contributed by atoms with Crippen LogP contribution in [-0.2, 0) is 9.47 Å². The van der Waals surface area contributed by atoms with Gasteiger partial charge in [-0.3, -0.25) is 0 Å². The summed E-state index contributed by atoms with van der Waals surface area (Å²) in [5.41, 5.74) is 2.21. The van der Waals surface area contributed by atoms with E-state index < -0.39 is 23.4 Å². The van der Waals surface area contributed by atoms with Crippen LogP contribution < -0.4 is 0 Å². The van der Waals surface area contributed by atoms with Crippen molar-refractivity contribution in [3.63, 3.8) is 0 Å². The van der Waals surface area contributed by atoms with Gasteiger partial charge in [0, 0.05) is 5.56 Å². The number of benzene rings is 2. The monoisotopic (exact) mass is 330 g/mol. The van der Waals surface area contributed by atoms with Crippen molar-refractivity contribution in [3.05, 3.63) is 70.8 Å². The number of halogens is 1. The number of fused-ring (bicyclic) bond motifs is 1. The van der Waals surface area contributed by atoms with E-state index in [1.54, 1.807) is 43.3 Å². The van der Waals surface area contributed by atoms with E-state index in [0.717, 1.165) is 5.56 Å². The van der Waals surface area contributed by atoms with Crippen LogP contribution in [0.15, 0.2) is 48.5 Å². The van der Waals surface area contributed by atoms with Gasteiger partial charge in [-0.15, -0.1) is 11.6 Å². The normalized spacial score (nSPS) is 17.3. The molecule has 1 aliphatic rings. The van der Waals surface area contributed by atoms with Crippen LogP contribution in [0.3, 0.4) is 0 Å². The minimum Gasteiger partial charge on any atom is -0.462 e. The van der Waals surface area contributed by atoms with Crippen molar-refractivity contribution in [1.29, 1.82) is 0 Å². The number of rotatable bonds is 4. The highest BCUT2D eigenvalue weighted by Gasteiger charge is 2.37. The maximum Gasteiger partial charge on any atom is 0.339 e. The summed E-state index contributed by atoms with van der Waals surface area (Å²) in [6.45, 7) is 2.02.